The SMILES string of the molecule is C.C[CH-]C.C[CH-]C.Cc1[c-]cc(COC=O)cc1.Cc1cc[c-]cc1COC=O.[Y].[Y]. The van der Waals surface area contributed by atoms with Crippen molar-refractivity contribution in [2.24, 2.45) is 0 Å². The summed E-state index contributed by atoms with van der Waals surface area (Å²) in [5.41, 5.74) is 4.16. The summed E-state index contributed by atoms with van der Waals surface area (Å²) in [6.07, 6.45) is 4.00. The summed E-state index contributed by atoms with van der Waals surface area (Å²) in [5, 5.41) is 0. The van der Waals surface area contributed by atoms with Crippen LogP contribution in [-0.4, -0.2) is 12.9 Å². The molecular formula is C25H36O4Y2-4. The van der Waals surface area contributed by atoms with E-state index in [4.69, 9.17) is 0 Å². The van der Waals surface area contributed by atoms with E-state index in [1.807, 2.05) is 90.8 Å². The van der Waals surface area contributed by atoms with E-state index in [0.717, 1.165) is 22.3 Å². The van der Waals surface area contributed by atoms with Gasteiger partial charge in [-0.3, -0.25) is 9.59 Å². The second kappa shape index (κ2) is 31.8. The molecule has 0 unspecified atom stereocenters. The summed E-state index contributed by atoms with van der Waals surface area (Å²) in [6.45, 7) is 13.5. The number of carbonyl (C=O) groups is 2. The van der Waals surface area contributed by atoms with Gasteiger partial charge in [-0.2, -0.15) is 87.4 Å². The Kier molecular flexibility index (Phi) is 41.9. The second-order valence-electron chi connectivity index (χ2n) is 5.70. The van der Waals surface area contributed by atoms with Gasteiger partial charge in [0.2, 0.25) is 0 Å². The summed E-state index contributed by atoms with van der Waals surface area (Å²) in [4.78, 5) is 19.7. The fourth-order valence-corrected chi connectivity index (χ4v) is 1.58. The molecule has 0 spiro atoms. The molecular weight excluding hydrogens is 542 g/mol. The maximum Gasteiger partial charge on any atom is 0.292 e. The summed E-state index contributed by atoms with van der Waals surface area (Å²) >= 11 is 0. The smallest absolute Gasteiger partial charge is 0.292 e. The van der Waals surface area contributed by atoms with E-state index in [0.29, 0.717) is 26.2 Å². The molecule has 0 atom stereocenters. The second-order valence-corrected chi connectivity index (χ2v) is 5.70. The number of carbonyl (C=O) groups excluding carboxylic acids is 2. The first-order chi connectivity index (χ1) is 13.5. The fourth-order valence-electron chi connectivity index (χ4n) is 1.58. The van der Waals surface area contributed by atoms with Crippen LogP contribution in [0.25, 0.3) is 0 Å². The zero-order valence-electron chi connectivity index (χ0n) is 19.0. The molecule has 31 heavy (non-hydrogen) atoms. The van der Waals surface area contributed by atoms with Gasteiger partial charge in [0.25, 0.3) is 12.9 Å². The normalized spacial score (nSPS) is 7.68. The van der Waals surface area contributed by atoms with Crippen molar-refractivity contribution in [3.8, 4) is 0 Å². The molecule has 2 rings (SSSR count). The van der Waals surface area contributed by atoms with E-state index in [2.05, 4.69) is 21.6 Å². The van der Waals surface area contributed by atoms with Gasteiger partial charge in [0.1, 0.15) is 0 Å². The van der Waals surface area contributed by atoms with Crippen molar-refractivity contribution in [3.63, 3.8) is 0 Å². The Hall–Kier alpha value is -0.412. The molecule has 0 aliphatic rings. The molecule has 0 bridgehead atoms. The van der Waals surface area contributed by atoms with Crippen LogP contribution in [0.2, 0.25) is 0 Å². The number of ether oxygens (including phenoxy) is 2. The van der Waals surface area contributed by atoms with Crippen molar-refractivity contribution in [2.45, 2.75) is 62.2 Å². The molecule has 0 amide bonds. The molecule has 0 saturated heterocycles. The third-order valence-corrected chi connectivity index (χ3v) is 2.85. The van der Waals surface area contributed by atoms with Crippen molar-refractivity contribution in [3.05, 3.63) is 83.6 Å². The van der Waals surface area contributed by atoms with Crippen molar-refractivity contribution in [2.75, 3.05) is 0 Å². The van der Waals surface area contributed by atoms with Gasteiger partial charge in [0.05, 0.1) is 13.2 Å². The molecule has 2 aromatic rings. The molecule has 170 valence electrons. The Morgan fingerprint density at radius 2 is 1.39 bits per heavy atom. The van der Waals surface area contributed by atoms with Crippen LogP contribution >= 0.6 is 0 Å². The Morgan fingerprint density at radius 1 is 0.871 bits per heavy atom. The van der Waals surface area contributed by atoms with Gasteiger partial charge in [-0.1, -0.05) is 21.3 Å². The van der Waals surface area contributed by atoms with Crippen molar-refractivity contribution in [1.29, 1.82) is 0 Å². The van der Waals surface area contributed by atoms with E-state index >= 15 is 0 Å². The molecule has 0 fully saturated rings. The van der Waals surface area contributed by atoms with Gasteiger partial charge in [-0.15, -0.1) is 11.1 Å². The molecule has 0 heterocycles. The summed E-state index contributed by atoms with van der Waals surface area (Å²) in [5.74, 6) is 0. The maximum absolute atomic E-state index is 9.86. The Morgan fingerprint density at radius 3 is 1.81 bits per heavy atom. The maximum atomic E-state index is 9.86. The van der Waals surface area contributed by atoms with Crippen molar-refractivity contribution < 1.29 is 84.5 Å². The summed E-state index contributed by atoms with van der Waals surface area (Å²) in [7, 11) is 0. The first-order valence-electron chi connectivity index (χ1n) is 9.01. The number of hydrogen-bond acceptors (Lipinski definition) is 4. The number of hydrogen-bond donors (Lipinski definition) is 0. The largest absolute Gasteiger partial charge is 0.476 e. The average molecular weight is 578 g/mol. The number of rotatable bonds is 6. The van der Waals surface area contributed by atoms with E-state index in [1.165, 1.54) is 0 Å². The molecule has 0 saturated carbocycles. The quantitative estimate of drug-likeness (QED) is 0.311. The average Bonchev–Trinajstić information content (AvgIpc) is 2.69. The Balaban J connectivity index is -0.000000108. The van der Waals surface area contributed by atoms with E-state index in [-0.39, 0.29) is 72.8 Å². The minimum Gasteiger partial charge on any atom is -0.476 e. The first kappa shape index (κ1) is 40.9. The predicted molar refractivity (Wildman–Crippen MR) is 120 cm³/mol. The van der Waals surface area contributed by atoms with Crippen LogP contribution in [0.5, 0.6) is 0 Å². The van der Waals surface area contributed by atoms with Gasteiger partial charge in [0, 0.05) is 65.4 Å². The van der Waals surface area contributed by atoms with Gasteiger partial charge in [0.15, 0.2) is 0 Å². The van der Waals surface area contributed by atoms with Crippen LogP contribution in [0.1, 0.15) is 57.4 Å². The minimum atomic E-state index is 0. The van der Waals surface area contributed by atoms with E-state index in [1.54, 1.807) is 0 Å². The molecule has 0 aliphatic carbocycles. The van der Waals surface area contributed by atoms with Gasteiger partial charge < -0.3 is 22.3 Å². The summed E-state index contributed by atoms with van der Waals surface area (Å²) < 4.78 is 9.16. The fraction of sp³-hybridized carbons (Fsp3) is 0.360. The zero-order valence-corrected chi connectivity index (χ0v) is 24.7. The third-order valence-electron chi connectivity index (χ3n) is 2.85. The van der Waals surface area contributed by atoms with Gasteiger partial charge >= 0.3 is 0 Å². The molecule has 6 heteroatoms. The topological polar surface area (TPSA) is 52.6 Å². The molecule has 4 nitrogen and oxygen atoms in total. The molecule has 2 aromatic carbocycles. The van der Waals surface area contributed by atoms with Crippen molar-refractivity contribution in [1.82, 2.24) is 0 Å². The molecule has 0 aromatic heterocycles. The van der Waals surface area contributed by atoms with Crippen LogP contribution in [0, 0.1) is 38.8 Å². The van der Waals surface area contributed by atoms with Crippen molar-refractivity contribution >= 4 is 12.9 Å². The van der Waals surface area contributed by atoms with Crippen LogP contribution in [0.15, 0.2) is 36.4 Å². The summed E-state index contributed by atoms with van der Waals surface area (Å²) in [6, 6.07) is 17.2. The Labute approximate surface area is 241 Å². The van der Waals surface area contributed by atoms with Crippen LogP contribution < -0.4 is 0 Å². The zero-order chi connectivity index (χ0) is 21.6. The van der Waals surface area contributed by atoms with E-state index in [9.17, 15) is 9.59 Å². The molecule has 0 N–H and O–H groups in total. The predicted octanol–water partition coefficient (Wildman–Crippen LogP) is 6.03. The number of benzene rings is 2. The molecule has 2 radical (unpaired) electrons. The van der Waals surface area contributed by atoms with Gasteiger partial charge in [-0.05, 0) is 0 Å². The van der Waals surface area contributed by atoms with Crippen LogP contribution in [-0.2, 0) is 97.7 Å². The monoisotopic (exact) mass is 578 g/mol. The Bertz CT molecular complexity index is 615. The molecule has 0 aliphatic heterocycles. The van der Waals surface area contributed by atoms with Crippen LogP contribution in [0.4, 0.5) is 0 Å². The minimum absolute atomic E-state index is 0. The van der Waals surface area contributed by atoms with Gasteiger partial charge in [-0.25, -0.2) is 0 Å². The first-order valence-corrected chi connectivity index (χ1v) is 9.01. The third kappa shape index (κ3) is 27.6. The standard InChI is InChI=1S/2C9H9O2.2C3H7.CH4.2Y/c1-8-2-4-9(5-3-8)6-11-7-10;1-8-4-2-3-5-9(8)6-11-7-10;2*1-3-2;;;/h2*2,4-5,7H,6H2,1H3;2*3H,1-2H3;1H4;;/q4*-1;;;. The number of aryl methyl sites for hydroxylation is 2. The van der Waals surface area contributed by atoms with Crippen LogP contribution in [0.3, 0.4) is 0 Å². The van der Waals surface area contributed by atoms with E-state index < -0.39 is 0 Å².